The van der Waals surface area contributed by atoms with E-state index in [0.717, 1.165) is 5.56 Å². The molecular formula is C23H22N2O7. The second kappa shape index (κ2) is 10.3. The van der Waals surface area contributed by atoms with Crippen LogP contribution < -0.4 is 20.1 Å². The summed E-state index contributed by atoms with van der Waals surface area (Å²) in [6, 6.07) is 10.7. The number of hydrogen-bond acceptors (Lipinski definition) is 7. The van der Waals surface area contributed by atoms with Crippen LogP contribution in [-0.2, 0) is 19.1 Å². The number of anilines is 1. The van der Waals surface area contributed by atoms with E-state index in [1.54, 1.807) is 43.5 Å². The van der Waals surface area contributed by atoms with Gasteiger partial charge in [-0.3, -0.25) is 14.4 Å². The zero-order chi connectivity index (χ0) is 23.1. The van der Waals surface area contributed by atoms with E-state index in [-0.39, 0.29) is 18.1 Å². The normalized spacial score (nSPS) is 13.4. The molecule has 0 aromatic heterocycles. The first kappa shape index (κ1) is 22.5. The first-order valence-electron chi connectivity index (χ1n) is 9.75. The first-order chi connectivity index (χ1) is 15.4. The zero-order valence-corrected chi connectivity index (χ0v) is 17.5. The minimum Gasteiger partial charge on any atom is -0.497 e. The Hall–Kier alpha value is -4.14. The second-order valence-electron chi connectivity index (χ2n) is 6.92. The molecule has 1 aliphatic rings. The van der Waals surface area contributed by atoms with E-state index in [4.69, 9.17) is 14.2 Å². The van der Waals surface area contributed by atoms with Gasteiger partial charge in [0.1, 0.15) is 17.5 Å². The molecule has 2 aromatic rings. The van der Waals surface area contributed by atoms with Crippen LogP contribution in [0.5, 0.6) is 11.5 Å². The maximum absolute atomic E-state index is 12.3. The molecule has 0 aliphatic carbocycles. The van der Waals surface area contributed by atoms with Crippen LogP contribution in [0.2, 0.25) is 0 Å². The number of rotatable bonds is 8. The lowest BCUT2D eigenvalue weighted by Gasteiger charge is -2.18. The summed E-state index contributed by atoms with van der Waals surface area (Å²) in [6.45, 7) is 0.864. The SMILES string of the molecule is COc1ccc(C=CC(=O)NC(C)C(=O)OCC(=O)c2ccc3c(c2)NC(=O)CO3)cc1. The van der Waals surface area contributed by atoms with Crippen molar-refractivity contribution in [2.45, 2.75) is 13.0 Å². The summed E-state index contributed by atoms with van der Waals surface area (Å²) >= 11 is 0. The van der Waals surface area contributed by atoms with Crippen molar-refractivity contribution in [3.05, 3.63) is 59.7 Å². The number of carbonyl (C=O) groups is 4. The molecular weight excluding hydrogens is 416 g/mol. The van der Waals surface area contributed by atoms with Gasteiger partial charge < -0.3 is 24.8 Å². The van der Waals surface area contributed by atoms with E-state index in [1.807, 2.05) is 0 Å². The molecule has 9 nitrogen and oxygen atoms in total. The summed E-state index contributed by atoms with van der Waals surface area (Å²) in [7, 11) is 1.56. The summed E-state index contributed by atoms with van der Waals surface area (Å²) in [5.74, 6) is -0.859. The predicted molar refractivity (Wildman–Crippen MR) is 115 cm³/mol. The van der Waals surface area contributed by atoms with Gasteiger partial charge in [-0.05, 0) is 48.9 Å². The van der Waals surface area contributed by atoms with Crippen molar-refractivity contribution < 1.29 is 33.4 Å². The highest BCUT2D eigenvalue weighted by Gasteiger charge is 2.20. The van der Waals surface area contributed by atoms with E-state index < -0.39 is 30.3 Å². The fourth-order valence-corrected chi connectivity index (χ4v) is 2.81. The Balaban J connectivity index is 1.48. The fraction of sp³-hybridized carbons (Fsp3) is 0.217. The number of carbonyl (C=O) groups excluding carboxylic acids is 4. The van der Waals surface area contributed by atoms with Crippen LogP contribution in [0.15, 0.2) is 48.5 Å². The van der Waals surface area contributed by atoms with Gasteiger partial charge in [0.2, 0.25) is 5.91 Å². The van der Waals surface area contributed by atoms with Crippen molar-refractivity contribution in [2.75, 3.05) is 25.6 Å². The number of ketones is 1. The van der Waals surface area contributed by atoms with Crippen LogP contribution in [0, 0.1) is 0 Å². The Kier molecular flexibility index (Phi) is 7.22. The van der Waals surface area contributed by atoms with Crippen LogP contribution in [0.25, 0.3) is 6.08 Å². The second-order valence-corrected chi connectivity index (χ2v) is 6.92. The highest BCUT2D eigenvalue weighted by atomic mass is 16.5. The third kappa shape index (κ3) is 5.94. The minimum atomic E-state index is -0.952. The smallest absolute Gasteiger partial charge is 0.328 e. The number of esters is 1. The Labute approximate surface area is 184 Å². The molecule has 1 atom stereocenters. The summed E-state index contributed by atoms with van der Waals surface area (Å²) in [4.78, 5) is 47.9. The Bertz CT molecular complexity index is 1060. The number of nitrogens with one attached hydrogen (secondary N) is 2. The molecule has 32 heavy (non-hydrogen) atoms. The van der Waals surface area contributed by atoms with Gasteiger partial charge in [-0.2, -0.15) is 0 Å². The topological polar surface area (TPSA) is 120 Å². The Morgan fingerprint density at radius 2 is 1.94 bits per heavy atom. The third-order valence-corrected chi connectivity index (χ3v) is 4.54. The molecule has 0 saturated carbocycles. The molecule has 9 heteroatoms. The molecule has 1 aliphatic heterocycles. The fourth-order valence-electron chi connectivity index (χ4n) is 2.81. The number of benzene rings is 2. The van der Waals surface area contributed by atoms with Gasteiger partial charge >= 0.3 is 5.97 Å². The number of hydrogen-bond donors (Lipinski definition) is 2. The molecule has 0 saturated heterocycles. The molecule has 2 N–H and O–H groups in total. The van der Waals surface area contributed by atoms with Gasteiger partial charge in [0.05, 0.1) is 12.8 Å². The van der Waals surface area contributed by atoms with E-state index in [0.29, 0.717) is 17.2 Å². The quantitative estimate of drug-likeness (QED) is 0.367. The average Bonchev–Trinajstić information content (AvgIpc) is 2.80. The molecule has 0 fully saturated rings. The van der Waals surface area contributed by atoms with Gasteiger partial charge in [0, 0.05) is 11.6 Å². The van der Waals surface area contributed by atoms with Crippen molar-refractivity contribution in [2.24, 2.45) is 0 Å². The first-order valence-corrected chi connectivity index (χ1v) is 9.75. The zero-order valence-electron chi connectivity index (χ0n) is 17.5. The van der Waals surface area contributed by atoms with Crippen LogP contribution in [0.3, 0.4) is 0 Å². The van der Waals surface area contributed by atoms with Gasteiger partial charge in [-0.15, -0.1) is 0 Å². The standard InChI is InChI=1S/C23H22N2O7/c1-14(24-21(27)10-5-15-3-7-17(30-2)8-4-15)23(29)32-12-19(26)16-6-9-20-18(11-16)25-22(28)13-31-20/h3-11,14H,12-13H2,1-2H3,(H,24,27)(H,25,28). The van der Waals surface area contributed by atoms with Crippen LogP contribution >= 0.6 is 0 Å². The van der Waals surface area contributed by atoms with E-state index >= 15 is 0 Å². The Morgan fingerprint density at radius 3 is 2.66 bits per heavy atom. The molecule has 2 aromatic carbocycles. The lowest BCUT2D eigenvalue weighted by atomic mass is 10.1. The monoisotopic (exact) mass is 438 g/mol. The van der Waals surface area contributed by atoms with Crippen molar-refractivity contribution in [1.29, 1.82) is 0 Å². The number of methoxy groups -OCH3 is 1. The molecule has 0 bridgehead atoms. The summed E-state index contributed by atoms with van der Waals surface area (Å²) < 4.78 is 15.3. The lowest BCUT2D eigenvalue weighted by molar-refractivity contribution is -0.145. The number of fused-ring (bicyclic) bond motifs is 1. The maximum atomic E-state index is 12.3. The van der Waals surface area contributed by atoms with Crippen molar-refractivity contribution in [1.82, 2.24) is 5.32 Å². The van der Waals surface area contributed by atoms with E-state index in [9.17, 15) is 19.2 Å². The van der Waals surface area contributed by atoms with Gasteiger partial charge in [-0.25, -0.2) is 4.79 Å². The summed E-state index contributed by atoms with van der Waals surface area (Å²) in [5, 5.41) is 5.09. The molecule has 0 spiro atoms. The predicted octanol–water partition coefficient (Wildman–Crippen LogP) is 1.97. The highest BCUT2D eigenvalue weighted by Crippen LogP contribution is 2.28. The summed E-state index contributed by atoms with van der Waals surface area (Å²) in [5.41, 5.74) is 1.41. The molecule has 2 amide bonds. The lowest BCUT2D eigenvalue weighted by Crippen LogP contribution is -2.39. The van der Waals surface area contributed by atoms with Crippen LogP contribution in [0.1, 0.15) is 22.8 Å². The maximum Gasteiger partial charge on any atom is 0.328 e. The average molecular weight is 438 g/mol. The molecule has 1 unspecified atom stereocenters. The molecule has 166 valence electrons. The van der Waals surface area contributed by atoms with Gasteiger partial charge in [0.25, 0.3) is 5.91 Å². The Morgan fingerprint density at radius 1 is 1.19 bits per heavy atom. The number of Topliss-reactive ketones (excluding diaryl/α,β-unsaturated/α-hetero) is 1. The van der Waals surface area contributed by atoms with Crippen LogP contribution in [-0.4, -0.2) is 49.9 Å². The summed E-state index contributed by atoms with van der Waals surface area (Å²) in [6.07, 6.45) is 2.88. The molecule has 1 heterocycles. The molecule has 0 radical (unpaired) electrons. The van der Waals surface area contributed by atoms with Crippen molar-refractivity contribution in [3.8, 4) is 11.5 Å². The van der Waals surface area contributed by atoms with Crippen molar-refractivity contribution >= 4 is 35.3 Å². The highest BCUT2D eigenvalue weighted by molar-refractivity contribution is 6.02. The largest absolute Gasteiger partial charge is 0.497 e. The van der Waals surface area contributed by atoms with E-state index in [1.165, 1.54) is 25.1 Å². The van der Waals surface area contributed by atoms with Crippen molar-refractivity contribution in [3.63, 3.8) is 0 Å². The van der Waals surface area contributed by atoms with Crippen LogP contribution in [0.4, 0.5) is 5.69 Å². The molecule has 3 rings (SSSR count). The van der Waals surface area contributed by atoms with Gasteiger partial charge in [-0.1, -0.05) is 12.1 Å². The number of amides is 2. The minimum absolute atomic E-state index is 0.0865. The number of ether oxygens (including phenoxy) is 3. The van der Waals surface area contributed by atoms with Gasteiger partial charge in [0.15, 0.2) is 19.0 Å². The van der Waals surface area contributed by atoms with E-state index in [2.05, 4.69) is 10.6 Å². The third-order valence-electron chi connectivity index (χ3n) is 4.54.